The molecule has 1 aromatic rings. The van der Waals surface area contributed by atoms with Crippen LogP contribution in [0.2, 0.25) is 0 Å². The Morgan fingerprint density at radius 1 is 1.00 bits per heavy atom. The fourth-order valence-electron chi connectivity index (χ4n) is 1.90. The maximum Gasteiger partial charge on any atom is 0.0138 e. The Bertz CT molecular complexity index is 326. The van der Waals surface area contributed by atoms with Crippen molar-refractivity contribution in [2.75, 3.05) is 0 Å². The van der Waals surface area contributed by atoms with E-state index in [1.807, 2.05) is 0 Å². The zero-order valence-electron chi connectivity index (χ0n) is 10.6. The molecular formula is C14H23N. The van der Waals surface area contributed by atoms with Crippen molar-refractivity contribution >= 4 is 0 Å². The lowest BCUT2D eigenvalue weighted by Gasteiger charge is -2.26. The zero-order chi connectivity index (χ0) is 11.7. The van der Waals surface area contributed by atoms with Crippen LogP contribution in [0.25, 0.3) is 0 Å². The van der Waals surface area contributed by atoms with Crippen LogP contribution in [0.5, 0.6) is 0 Å². The number of hydrogen-bond donors (Lipinski definition) is 1. The summed E-state index contributed by atoms with van der Waals surface area (Å²) in [6, 6.07) is 8.60. The Balaban J connectivity index is 3.08. The molecule has 0 saturated heterocycles. The standard InChI is InChI=1S/C14H23N/c1-13(2,3)12-9-7-6-8-11(12)10-14(4,5)15/h6-9H,10,15H2,1-5H3. The summed E-state index contributed by atoms with van der Waals surface area (Å²) in [5.74, 6) is 0. The highest BCUT2D eigenvalue weighted by atomic mass is 14.7. The van der Waals surface area contributed by atoms with Gasteiger partial charge < -0.3 is 5.73 Å². The van der Waals surface area contributed by atoms with E-state index < -0.39 is 0 Å². The van der Waals surface area contributed by atoms with E-state index in [0.29, 0.717) is 0 Å². The average Bonchev–Trinajstić information content (AvgIpc) is 1.99. The average molecular weight is 205 g/mol. The zero-order valence-corrected chi connectivity index (χ0v) is 10.6. The highest BCUT2D eigenvalue weighted by molar-refractivity contribution is 5.33. The van der Waals surface area contributed by atoms with Gasteiger partial charge in [0.05, 0.1) is 0 Å². The van der Waals surface area contributed by atoms with Gasteiger partial charge in [0.1, 0.15) is 0 Å². The minimum atomic E-state index is -0.138. The number of benzene rings is 1. The van der Waals surface area contributed by atoms with Gasteiger partial charge in [0.2, 0.25) is 0 Å². The van der Waals surface area contributed by atoms with Crippen LogP contribution in [0.1, 0.15) is 45.7 Å². The molecule has 1 rings (SSSR count). The first-order chi connectivity index (χ1) is 6.70. The molecule has 15 heavy (non-hydrogen) atoms. The Morgan fingerprint density at radius 3 is 2.00 bits per heavy atom. The first-order valence-electron chi connectivity index (χ1n) is 5.57. The third-order valence-corrected chi connectivity index (χ3v) is 2.47. The molecule has 0 aliphatic carbocycles. The molecule has 0 bridgehead atoms. The predicted molar refractivity (Wildman–Crippen MR) is 67.1 cm³/mol. The summed E-state index contributed by atoms with van der Waals surface area (Å²) in [5, 5.41) is 0. The number of rotatable bonds is 2. The highest BCUT2D eigenvalue weighted by Gasteiger charge is 2.20. The fourth-order valence-corrected chi connectivity index (χ4v) is 1.90. The first-order valence-corrected chi connectivity index (χ1v) is 5.57. The third kappa shape index (κ3) is 3.67. The van der Waals surface area contributed by atoms with Crippen LogP contribution in [0.3, 0.4) is 0 Å². The van der Waals surface area contributed by atoms with Crippen LogP contribution >= 0.6 is 0 Å². The minimum Gasteiger partial charge on any atom is -0.325 e. The quantitative estimate of drug-likeness (QED) is 0.788. The van der Waals surface area contributed by atoms with E-state index in [1.54, 1.807) is 0 Å². The van der Waals surface area contributed by atoms with Gasteiger partial charge in [0, 0.05) is 5.54 Å². The Kier molecular flexibility index (Phi) is 3.25. The molecular weight excluding hydrogens is 182 g/mol. The Hall–Kier alpha value is -0.820. The normalized spacial score (nSPS) is 12.9. The molecule has 0 aliphatic rings. The second-order valence-corrected chi connectivity index (χ2v) is 6.07. The molecule has 0 atom stereocenters. The van der Waals surface area contributed by atoms with E-state index >= 15 is 0 Å². The molecule has 0 aromatic heterocycles. The molecule has 0 spiro atoms. The van der Waals surface area contributed by atoms with Crippen molar-refractivity contribution in [3.8, 4) is 0 Å². The summed E-state index contributed by atoms with van der Waals surface area (Å²) in [5.41, 5.74) is 8.92. The van der Waals surface area contributed by atoms with Crippen molar-refractivity contribution in [1.29, 1.82) is 0 Å². The molecule has 0 unspecified atom stereocenters. The lowest BCUT2D eigenvalue weighted by molar-refractivity contribution is 0.503. The van der Waals surface area contributed by atoms with Gasteiger partial charge in [-0.2, -0.15) is 0 Å². The van der Waals surface area contributed by atoms with Crippen molar-refractivity contribution in [3.05, 3.63) is 35.4 Å². The van der Waals surface area contributed by atoms with Gasteiger partial charge in [-0.3, -0.25) is 0 Å². The molecule has 0 saturated carbocycles. The van der Waals surface area contributed by atoms with E-state index in [2.05, 4.69) is 58.9 Å². The summed E-state index contributed by atoms with van der Waals surface area (Å²) in [4.78, 5) is 0. The predicted octanol–water partition coefficient (Wildman–Crippen LogP) is 3.26. The highest BCUT2D eigenvalue weighted by Crippen LogP contribution is 2.27. The lowest BCUT2D eigenvalue weighted by Crippen LogP contribution is -2.35. The fraction of sp³-hybridized carbons (Fsp3) is 0.571. The molecule has 84 valence electrons. The van der Waals surface area contributed by atoms with Crippen LogP contribution in [-0.4, -0.2) is 5.54 Å². The van der Waals surface area contributed by atoms with Crippen molar-refractivity contribution in [2.45, 2.75) is 52.0 Å². The van der Waals surface area contributed by atoms with E-state index in [1.165, 1.54) is 11.1 Å². The van der Waals surface area contributed by atoms with Crippen molar-refractivity contribution < 1.29 is 0 Å². The van der Waals surface area contributed by atoms with Gasteiger partial charge in [-0.25, -0.2) is 0 Å². The van der Waals surface area contributed by atoms with Gasteiger partial charge in [-0.05, 0) is 36.8 Å². The smallest absolute Gasteiger partial charge is 0.0138 e. The second kappa shape index (κ2) is 3.97. The summed E-state index contributed by atoms with van der Waals surface area (Å²) < 4.78 is 0. The van der Waals surface area contributed by atoms with E-state index in [4.69, 9.17) is 5.73 Å². The molecule has 0 heterocycles. The van der Waals surface area contributed by atoms with Crippen molar-refractivity contribution in [2.24, 2.45) is 5.73 Å². The molecule has 1 heteroatoms. The van der Waals surface area contributed by atoms with E-state index in [0.717, 1.165) is 6.42 Å². The van der Waals surface area contributed by atoms with Gasteiger partial charge in [-0.15, -0.1) is 0 Å². The summed E-state index contributed by atoms with van der Waals surface area (Å²) >= 11 is 0. The van der Waals surface area contributed by atoms with Crippen LogP contribution in [-0.2, 0) is 11.8 Å². The van der Waals surface area contributed by atoms with Gasteiger partial charge >= 0.3 is 0 Å². The molecule has 2 N–H and O–H groups in total. The topological polar surface area (TPSA) is 26.0 Å². The first kappa shape index (κ1) is 12.3. The number of nitrogens with two attached hydrogens (primary N) is 1. The van der Waals surface area contributed by atoms with Crippen LogP contribution in [0, 0.1) is 0 Å². The van der Waals surface area contributed by atoms with Gasteiger partial charge in [0.15, 0.2) is 0 Å². The molecule has 0 aliphatic heterocycles. The third-order valence-electron chi connectivity index (χ3n) is 2.47. The maximum absolute atomic E-state index is 6.08. The van der Waals surface area contributed by atoms with Crippen molar-refractivity contribution in [3.63, 3.8) is 0 Å². The molecule has 1 aromatic carbocycles. The van der Waals surface area contributed by atoms with Crippen LogP contribution < -0.4 is 5.73 Å². The summed E-state index contributed by atoms with van der Waals surface area (Å²) in [6.07, 6.45) is 0.931. The Labute approximate surface area is 93.7 Å². The Morgan fingerprint density at radius 2 is 1.53 bits per heavy atom. The largest absolute Gasteiger partial charge is 0.325 e. The van der Waals surface area contributed by atoms with Crippen LogP contribution in [0.15, 0.2) is 24.3 Å². The maximum atomic E-state index is 6.08. The second-order valence-electron chi connectivity index (χ2n) is 6.07. The number of hydrogen-bond acceptors (Lipinski definition) is 1. The molecule has 0 fully saturated rings. The van der Waals surface area contributed by atoms with Gasteiger partial charge in [-0.1, -0.05) is 45.0 Å². The van der Waals surface area contributed by atoms with Gasteiger partial charge in [0.25, 0.3) is 0 Å². The summed E-state index contributed by atoms with van der Waals surface area (Å²) in [6.45, 7) is 10.9. The van der Waals surface area contributed by atoms with E-state index in [-0.39, 0.29) is 11.0 Å². The van der Waals surface area contributed by atoms with Crippen molar-refractivity contribution in [1.82, 2.24) is 0 Å². The molecule has 0 radical (unpaired) electrons. The minimum absolute atomic E-state index is 0.138. The summed E-state index contributed by atoms with van der Waals surface area (Å²) in [7, 11) is 0. The lowest BCUT2D eigenvalue weighted by atomic mass is 9.80. The monoisotopic (exact) mass is 205 g/mol. The molecule has 1 nitrogen and oxygen atoms in total. The SMILES string of the molecule is CC(C)(N)Cc1ccccc1C(C)(C)C. The molecule has 0 amide bonds. The van der Waals surface area contributed by atoms with Crippen LogP contribution in [0.4, 0.5) is 0 Å². The van der Waals surface area contributed by atoms with E-state index in [9.17, 15) is 0 Å².